The maximum Gasteiger partial charge on any atom is 0.212 e. The number of halogens is 1. The third-order valence-corrected chi connectivity index (χ3v) is 2.67. The molecular formula is C9H14BrN3O2. The number of Topliss-reactive ketones (excluding diaryl/α,β-unsaturated/α-hetero) is 1. The number of carbonyl (C=O) groups is 1. The van der Waals surface area contributed by atoms with Gasteiger partial charge in [0.05, 0.1) is 0 Å². The lowest BCUT2D eigenvalue weighted by Crippen LogP contribution is -2.30. The lowest BCUT2D eigenvalue weighted by atomic mass is 10.0. The van der Waals surface area contributed by atoms with Crippen molar-refractivity contribution in [2.24, 2.45) is 13.0 Å². The Hall–Kier alpha value is -0.750. The van der Waals surface area contributed by atoms with Gasteiger partial charge in [0.15, 0.2) is 4.60 Å². The minimum atomic E-state index is -0.460. The van der Waals surface area contributed by atoms with Crippen molar-refractivity contribution in [3.8, 4) is 0 Å². The molecule has 0 aliphatic carbocycles. The van der Waals surface area contributed by atoms with E-state index in [-0.39, 0.29) is 11.7 Å². The van der Waals surface area contributed by atoms with Crippen LogP contribution in [0.3, 0.4) is 0 Å². The van der Waals surface area contributed by atoms with E-state index in [0.29, 0.717) is 10.3 Å². The van der Waals surface area contributed by atoms with Crippen LogP contribution in [0.25, 0.3) is 0 Å². The molecule has 0 aliphatic rings. The first kappa shape index (κ1) is 12.3. The highest BCUT2D eigenvalue weighted by Crippen LogP contribution is 2.18. The molecule has 0 radical (unpaired) electrons. The molecule has 0 spiro atoms. The number of ketones is 1. The summed E-state index contributed by atoms with van der Waals surface area (Å²) in [5, 5.41) is 7.52. The Morgan fingerprint density at radius 2 is 2.13 bits per heavy atom. The van der Waals surface area contributed by atoms with E-state index in [2.05, 4.69) is 26.2 Å². The van der Waals surface area contributed by atoms with Crippen molar-refractivity contribution in [3.63, 3.8) is 0 Å². The fraction of sp³-hybridized carbons (Fsp3) is 0.667. The molecule has 0 saturated carbocycles. The van der Waals surface area contributed by atoms with Crippen molar-refractivity contribution in [1.82, 2.24) is 15.0 Å². The number of hydrogen-bond donors (Lipinski definition) is 0. The first-order valence-electron chi connectivity index (χ1n) is 4.61. The molecule has 0 saturated heterocycles. The molecule has 1 unspecified atom stereocenters. The standard InChI is InChI=1S/C9H14BrN3O2/c1-5(2)8(15-4)7(14)6-9(10)11-12-13(6)3/h5,8H,1-4H3. The number of nitrogens with zero attached hydrogens (tertiary/aromatic N) is 3. The molecule has 6 heteroatoms. The number of hydrogen-bond acceptors (Lipinski definition) is 4. The lowest BCUT2D eigenvalue weighted by molar-refractivity contribution is 0.0449. The number of rotatable bonds is 4. The number of aryl methyl sites for hydroxylation is 1. The Labute approximate surface area is 96.9 Å². The van der Waals surface area contributed by atoms with Crippen LogP contribution in [0.1, 0.15) is 24.3 Å². The second kappa shape index (κ2) is 4.85. The monoisotopic (exact) mass is 275 g/mol. The molecule has 1 rings (SSSR count). The van der Waals surface area contributed by atoms with Gasteiger partial charge in [0.1, 0.15) is 11.8 Å². The second-order valence-corrected chi connectivity index (χ2v) is 4.37. The summed E-state index contributed by atoms with van der Waals surface area (Å²) in [7, 11) is 3.21. The molecule has 0 aromatic carbocycles. The van der Waals surface area contributed by atoms with E-state index in [1.165, 1.54) is 11.8 Å². The van der Waals surface area contributed by atoms with E-state index in [1.807, 2.05) is 13.8 Å². The van der Waals surface area contributed by atoms with Crippen molar-refractivity contribution in [3.05, 3.63) is 10.3 Å². The van der Waals surface area contributed by atoms with Crippen LogP contribution in [-0.4, -0.2) is 34.0 Å². The van der Waals surface area contributed by atoms with Crippen molar-refractivity contribution in [2.45, 2.75) is 20.0 Å². The SMILES string of the molecule is COC(C(=O)c1c(Br)nnn1C)C(C)C. The summed E-state index contributed by atoms with van der Waals surface area (Å²) in [6.07, 6.45) is -0.460. The van der Waals surface area contributed by atoms with E-state index in [4.69, 9.17) is 4.74 Å². The molecule has 5 nitrogen and oxygen atoms in total. The average molecular weight is 276 g/mol. The summed E-state index contributed by atoms with van der Waals surface area (Å²) in [6, 6.07) is 0. The molecule has 0 fully saturated rings. The summed E-state index contributed by atoms with van der Waals surface area (Å²) in [5.41, 5.74) is 0.440. The van der Waals surface area contributed by atoms with Crippen LogP contribution in [0.15, 0.2) is 4.60 Å². The summed E-state index contributed by atoms with van der Waals surface area (Å²) >= 11 is 3.19. The summed E-state index contributed by atoms with van der Waals surface area (Å²) in [6.45, 7) is 3.87. The molecule has 1 heterocycles. The maximum absolute atomic E-state index is 12.1. The van der Waals surface area contributed by atoms with Gasteiger partial charge in [0.25, 0.3) is 0 Å². The third-order valence-electron chi connectivity index (χ3n) is 2.14. The zero-order valence-corrected chi connectivity index (χ0v) is 10.8. The molecule has 15 heavy (non-hydrogen) atoms. The van der Waals surface area contributed by atoms with E-state index in [0.717, 1.165) is 0 Å². The highest BCUT2D eigenvalue weighted by atomic mass is 79.9. The zero-order valence-electron chi connectivity index (χ0n) is 9.19. The predicted molar refractivity (Wildman–Crippen MR) is 58.7 cm³/mol. The van der Waals surface area contributed by atoms with E-state index in [1.54, 1.807) is 7.05 Å². The molecule has 0 aliphatic heterocycles. The number of aromatic nitrogens is 3. The molecule has 84 valence electrons. The Bertz CT molecular complexity index is 343. The van der Waals surface area contributed by atoms with E-state index >= 15 is 0 Å². The van der Waals surface area contributed by atoms with Crippen LogP contribution >= 0.6 is 15.9 Å². The van der Waals surface area contributed by atoms with Crippen molar-refractivity contribution in [1.29, 1.82) is 0 Å². The van der Waals surface area contributed by atoms with Crippen molar-refractivity contribution >= 4 is 21.7 Å². The van der Waals surface area contributed by atoms with Gasteiger partial charge in [-0.1, -0.05) is 19.1 Å². The molecule has 1 aromatic heterocycles. The van der Waals surface area contributed by atoms with Crippen LogP contribution in [-0.2, 0) is 11.8 Å². The van der Waals surface area contributed by atoms with Gasteiger partial charge in [0.2, 0.25) is 5.78 Å². The van der Waals surface area contributed by atoms with Gasteiger partial charge in [0, 0.05) is 14.2 Å². The highest BCUT2D eigenvalue weighted by Gasteiger charge is 2.28. The van der Waals surface area contributed by atoms with Gasteiger partial charge in [-0.3, -0.25) is 4.79 Å². The van der Waals surface area contributed by atoms with Gasteiger partial charge in [-0.25, -0.2) is 4.68 Å². The second-order valence-electron chi connectivity index (χ2n) is 3.62. The minimum absolute atomic E-state index is 0.105. The first-order chi connectivity index (χ1) is 6.99. The topological polar surface area (TPSA) is 57.0 Å². The minimum Gasteiger partial charge on any atom is -0.373 e. The largest absolute Gasteiger partial charge is 0.373 e. The lowest BCUT2D eigenvalue weighted by Gasteiger charge is -2.17. The smallest absolute Gasteiger partial charge is 0.212 e. The van der Waals surface area contributed by atoms with Crippen LogP contribution in [0.4, 0.5) is 0 Å². The Kier molecular flexibility index (Phi) is 3.98. The summed E-state index contributed by atoms with van der Waals surface area (Å²) in [5.74, 6) is 0.0103. The fourth-order valence-electron chi connectivity index (χ4n) is 1.41. The van der Waals surface area contributed by atoms with Crippen molar-refractivity contribution in [2.75, 3.05) is 7.11 Å². The predicted octanol–water partition coefficient (Wildman–Crippen LogP) is 1.43. The Balaban J connectivity index is 3.03. The van der Waals surface area contributed by atoms with E-state index < -0.39 is 6.10 Å². The van der Waals surface area contributed by atoms with Crippen LogP contribution in [0.5, 0.6) is 0 Å². The number of methoxy groups -OCH3 is 1. The quantitative estimate of drug-likeness (QED) is 0.781. The summed E-state index contributed by atoms with van der Waals surface area (Å²) in [4.78, 5) is 12.1. The fourth-order valence-corrected chi connectivity index (χ4v) is 1.93. The maximum atomic E-state index is 12.1. The Morgan fingerprint density at radius 3 is 2.47 bits per heavy atom. The van der Waals surface area contributed by atoms with Crippen LogP contribution in [0.2, 0.25) is 0 Å². The van der Waals surface area contributed by atoms with Crippen molar-refractivity contribution < 1.29 is 9.53 Å². The summed E-state index contributed by atoms with van der Waals surface area (Å²) < 4.78 is 7.07. The molecular weight excluding hydrogens is 262 g/mol. The van der Waals surface area contributed by atoms with Crippen LogP contribution < -0.4 is 0 Å². The first-order valence-corrected chi connectivity index (χ1v) is 5.40. The normalized spacial score (nSPS) is 13.2. The molecule has 0 N–H and O–H groups in total. The molecule has 0 amide bonds. The molecule has 1 aromatic rings. The van der Waals surface area contributed by atoms with Gasteiger partial charge in [-0.2, -0.15) is 0 Å². The number of ether oxygens (including phenoxy) is 1. The highest BCUT2D eigenvalue weighted by molar-refractivity contribution is 9.10. The van der Waals surface area contributed by atoms with Crippen LogP contribution in [0, 0.1) is 5.92 Å². The van der Waals surface area contributed by atoms with Gasteiger partial charge in [-0.15, -0.1) is 5.10 Å². The third kappa shape index (κ3) is 2.43. The number of carbonyl (C=O) groups excluding carboxylic acids is 1. The molecule has 1 atom stereocenters. The molecule has 0 bridgehead atoms. The average Bonchev–Trinajstić information content (AvgIpc) is 2.46. The zero-order chi connectivity index (χ0) is 11.6. The van der Waals surface area contributed by atoms with Gasteiger partial charge in [-0.05, 0) is 21.8 Å². The van der Waals surface area contributed by atoms with E-state index in [9.17, 15) is 4.79 Å². The Morgan fingerprint density at radius 1 is 1.53 bits per heavy atom. The van der Waals surface area contributed by atoms with Gasteiger partial charge < -0.3 is 4.74 Å². The van der Waals surface area contributed by atoms with Gasteiger partial charge >= 0.3 is 0 Å².